The molecule has 21 heavy (non-hydrogen) atoms. The molecule has 1 aliphatic heterocycles. The summed E-state index contributed by atoms with van der Waals surface area (Å²) in [5.74, 6) is -1.71. The number of piperidine rings is 1. The number of hydrogen-bond donors (Lipinski definition) is 1. The Bertz CT molecular complexity index is 578. The van der Waals surface area contributed by atoms with Crippen molar-refractivity contribution in [2.45, 2.75) is 26.3 Å². The average molecular weight is 296 g/mol. The third-order valence-corrected chi connectivity index (χ3v) is 3.94. The number of nitro benzene ring substituents is 1. The third-order valence-electron chi connectivity index (χ3n) is 3.94. The van der Waals surface area contributed by atoms with E-state index in [2.05, 4.69) is 0 Å². The van der Waals surface area contributed by atoms with Crippen LogP contribution in [-0.2, 0) is 11.3 Å². The molecule has 1 unspecified atom stereocenters. The zero-order chi connectivity index (χ0) is 15.6. The summed E-state index contributed by atoms with van der Waals surface area (Å²) in [6.07, 6.45) is 1.29. The Balaban J connectivity index is 2.17. The number of hydrogen-bond acceptors (Lipinski definition) is 4. The maximum absolute atomic E-state index is 14.0. The van der Waals surface area contributed by atoms with Gasteiger partial charge in [-0.3, -0.25) is 19.8 Å². The second kappa shape index (κ2) is 5.77. The number of carboxylic acid groups (broad SMARTS) is 1. The van der Waals surface area contributed by atoms with E-state index >= 15 is 0 Å². The number of benzene rings is 1. The van der Waals surface area contributed by atoms with Crippen LogP contribution in [0.15, 0.2) is 18.2 Å². The summed E-state index contributed by atoms with van der Waals surface area (Å²) in [7, 11) is 0. The molecular formula is C14H17FN2O4. The highest BCUT2D eigenvalue weighted by Gasteiger charge is 2.38. The second-order valence-electron chi connectivity index (χ2n) is 5.69. The van der Waals surface area contributed by atoms with Crippen LogP contribution in [0.3, 0.4) is 0 Å². The molecule has 0 aromatic heterocycles. The summed E-state index contributed by atoms with van der Waals surface area (Å²) in [6.45, 7) is 2.82. The molecule has 114 valence electrons. The van der Waals surface area contributed by atoms with Gasteiger partial charge < -0.3 is 5.11 Å². The summed E-state index contributed by atoms with van der Waals surface area (Å²) in [4.78, 5) is 23.1. The van der Waals surface area contributed by atoms with Gasteiger partial charge in [0.2, 0.25) is 5.82 Å². The van der Waals surface area contributed by atoms with Crippen molar-refractivity contribution >= 4 is 11.7 Å². The van der Waals surface area contributed by atoms with Crippen molar-refractivity contribution in [1.82, 2.24) is 4.90 Å². The quantitative estimate of drug-likeness (QED) is 0.681. The van der Waals surface area contributed by atoms with Gasteiger partial charge in [-0.2, -0.15) is 4.39 Å². The van der Waals surface area contributed by atoms with Crippen molar-refractivity contribution in [2.75, 3.05) is 13.1 Å². The van der Waals surface area contributed by atoms with E-state index in [0.29, 0.717) is 25.9 Å². The molecular weight excluding hydrogens is 279 g/mol. The van der Waals surface area contributed by atoms with Crippen molar-refractivity contribution < 1.29 is 19.2 Å². The molecule has 1 aromatic carbocycles. The number of carboxylic acids is 1. The first kappa shape index (κ1) is 15.4. The van der Waals surface area contributed by atoms with Crippen LogP contribution in [0.5, 0.6) is 0 Å². The molecule has 1 atom stereocenters. The molecule has 2 rings (SSSR count). The van der Waals surface area contributed by atoms with Crippen molar-refractivity contribution in [3.63, 3.8) is 0 Å². The minimum Gasteiger partial charge on any atom is -0.481 e. The lowest BCUT2D eigenvalue weighted by Crippen LogP contribution is -2.45. The van der Waals surface area contributed by atoms with E-state index < -0.39 is 27.8 Å². The highest BCUT2D eigenvalue weighted by Crippen LogP contribution is 2.31. The average Bonchev–Trinajstić information content (AvgIpc) is 2.41. The smallest absolute Gasteiger partial charge is 0.310 e. The Kier molecular flexibility index (Phi) is 4.22. The molecule has 1 saturated heterocycles. The van der Waals surface area contributed by atoms with E-state index in [1.807, 2.05) is 4.90 Å². The lowest BCUT2D eigenvalue weighted by molar-refractivity contribution is -0.387. The molecule has 0 radical (unpaired) electrons. The topological polar surface area (TPSA) is 83.7 Å². The molecule has 1 N–H and O–H groups in total. The fraction of sp³-hybridized carbons (Fsp3) is 0.500. The zero-order valence-corrected chi connectivity index (χ0v) is 11.7. The largest absolute Gasteiger partial charge is 0.481 e. The van der Waals surface area contributed by atoms with Crippen LogP contribution in [0.4, 0.5) is 10.1 Å². The Hall–Kier alpha value is -2.02. The summed E-state index contributed by atoms with van der Waals surface area (Å²) in [5, 5.41) is 20.0. The number of carbonyl (C=O) groups is 1. The molecule has 0 saturated carbocycles. The normalized spacial score (nSPS) is 23.0. The summed E-state index contributed by atoms with van der Waals surface area (Å²) in [5.41, 5.74) is -1.18. The van der Waals surface area contributed by atoms with Gasteiger partial charge >= 0.3 is 11.7 Å². The van der Waals surface area contributed by atoms with Gasteiger partial charge in [-0.05, 0) is 26.3 Å². The molecule has 0 bridgehead atoms. The van der Waals surface area contributed by atoms with Crippen molar-refractivity contribution in [3.8, 4) is 0 Å². The fourth-order valence-corrected chi connectivity index (χ4v) is 2.72. The zero-order valence-electron chi connectivity index (χ0n) is 11.7. The van der Waals surface area contributed by atoms with Crippen LogP contribution in [0.25, 0.3) is 0 Å². The Morgan fingerprint density at radius 3 is 2.90 bits per heavy atom. The van der Waals surface area contributed by atoms with Gasteiger partial charge in [0.15, 0.2) is 0 Å². The SMILES string of the molecule is CC1(C(=O)O)CCCN(Cc2cccc([N+](=O)[O-])c2F)C1. The third kappa shape index (κ3) is 3.18. The lowest BCUT2D eigenvalue weighted by atomic mass is 9.82. The molecule has 1 heterocycles. The van der Waals surface area contributed by atoms with Crippen molar-refractivity contribution in [2.24, 2.45) is 5.41 Å². The minimum absolute atomic E-state index is 0.177. The van der Waals surface area contributed by atoms with Crippen LogP contribution in [-0.4, -0.2) is 34.0 Å². The van der Waals surface area contributed by atoms with E-state index in [4.69, 9.17) is 0 Å². The second-order valence-corrected chi connectivity index (χ2v) is 5.69. The Morgan fingerprint density at radius 1 is 1.57 bits per heavy atom. The molecule has 0 spiro atoms. The first-order valence-corrected chi connectivity index (χ1v) is 6.71. The van der Waals surface area contributed by atoms with E-state index in [1.165, 1.54) is 12.1 Å². The lowest BCUT2D eigenvalue weighted by Gasteiger charge is -2.37. The van der Waals surface area contributed by atoms with E-state index in [1.54, 1.807) is 6.92 Å². The molecule has 1 fully saturated rings. The van der Waals surface area contributed by atoms with Crippen LogP contribution in [0.1, 0.15) is 25.3 Å². The highest BCUT2D eigenvalue weighted by molar-refractivity contribution is 5.74. The molecule has 6 nitrogen and oxygen atoms in total. The predicted octanol–water partition coefficient (Wildman–Crippen LogP) is 2.42. The number of likely N-dealkylation sites (tertiary alicyclic amines) is 1. The number of nitro groups is 1. The molecule has 1 aliphatic rings. The first-order valence-electron chi connectivity index (χ1n) is 6.71. The first-order chi connectivity index (χ1) is 9.83. The van der Waals surface area contributed by atoms with Crippen LogP contribution in [0, 0.1) is 21.3 Å². The van der Waals surface area contributed by atoms with Crippen LogP contribution < -0.4 is 0 Å². The molecule has 7 heteroatoms. The van der Waals surface area contributed by atoms with Gasteiger partial charge in [-0.25, -0.2) is 0 Å². The number of halogens is 1. The molecule has 0 amide bonds. The molecule has 0 aliphatic carbocycles. The van der Waals surface area contributed by atoms with Crippen LogP contribution >= 0.6 is 0 Å². The van der Waals surface area contributed by atoms with E-state index in [9.17, 15) is 24.4 Å². The summed E-state index contributed by atoms with van der Waals surface area (Å²) in [6, 6.07) is 4.06. The van der Waals surface area contributed by atoms with Gasteiger partial charge in [0, 0.05) is 24.7 Å². The summed E-state index contributed by atoms with van der Waals surface area (Å²) >= 11 is 0. The van der Waals surface area contributed by atoms with Crippen molar-refractivity contribution in [3.05, 3.63) is 39.7 Å². The predicted molar refractivity (Wildman–Crippen MR) is 73.3 cm³/mol. The van der Waals surface area contributed by atoms with E-state index in [0.717, 1.165) is 6.07 Å². The Labute approximate surface area is 121 Å². The highest BCUT2D eigenvalue weighted by atomic mass is 19.1. The van der Waals surface area contributed by atoms with Gasteiger partial charge in [0.25, 0.3) is 0 Å². The monoisotopic (exact) mass is 296 g/mol. The van der Waals surface area contributed by atoms with Gasteiger partial charge in [0.1, 0.15) is 0 Å². The van der Waals surface area contributed by atoms with Gasteiger partial charge in [-0.15, -0.1) is 0 Å². The molecule has 1 aromatic rings. The van der Waals surface area contributed by atoms with Crippen molar-refractivity contribution in [1.29, 1.82) is 0 Å². The van der Waals surface area contributed by atoms with Crippen LogP contribution in [0.2, 0.25) is 0 Å². The maximum atomic E-state index is 14.0. The number of rotatable bonds is 4. The standard InChI is InChI=1S/C14H17FN2O4/c1-14(13(18)19)6-3-7-16(9-14)8-10-4-2-5-11(12(10)15)17(20)21/h2,4-5H,3,6-9H2,1H3,(H,18,19). The minimum atomic E-state index is -0.869. The van der Waals surface area contributed by atoms with Gasteiger partial charge in [0.05, 0.1) is 10.3 Å². The Morgan fingerprint density at radius 2 is 2.29 bits per heavy atom. The van der Waals surface area contributed by atoms with Gasteiger partial charge in [-0.1, -0.05) is 12.1 Å². The fourth-order valence-electron chi connectivity index (χ4n) is 2.72. The number of nitrogens with zero attached hydrogens (tertiary/aromatic N) is 2. The number of aliphatic carboxylic acids is 1. The summed E-state index contributed by atoms with van der Waals surface area (Å²) < 4.78 is 14.0. The maximum Gasteiger partial charge on any atom is 0.310 e. The van der Waals surface area contributed by atoms with E-state index in [-0.39, 0.29) is 12.1 Å².